The highest BCUT2D eigenvalue weighted by atomic mass is 32.1. The quantitative estimate of drug-likeness (QED) is 0.724. The Morgan fingerprint density at radius 1 is 1.32 bits per heavy atom. The van der Waals surface area contributed by atoms with E-state index in [9.17, 15) is 18.7 Å². The third kappa shape index (κ3) is 4.33. The van der Waals surface area contributed by atoms with E-state index < -0.39 is 23.6 Å². The Balaban J connectivity index is 1.53. The fourth-order valence-electron chi connectivity index (χ4n) is 4.37. The van der Waals surface area contributed by atoms with Crippen LogP contribution in [0.3, 0.4) is 0 Å². The van der Waals surface area contributed by atoms with Gasteiger partial charge in [-0.15, -0.1) is 11.3 Å². The summed E-state index contributed by atoms with van der Waals surface area (Å²) in [7, 11) is 0. The minimum atomic E-state index is -2.68. The van der Waals surface area contributed by atoms with Crippen molar-refractivity contribution in [1.29, 1.82) is 0 Å². The first-order valence-corrected chi connectivity index (χ1v) is 11.2. The summed E-state index contributed by atoms with van der Waals surface area (Å²) in [5, 5.41) is 12.8. The van der Waals surface area contributed by atoms with Gasteiger partial charge in [-0.2, -0.15) is 0 Å². The predicted octanol–water partition coefficient (Wildman–Crippen LogP) is 3.43. The van der Waals surface area contributed by atoms with E-state index in [2.05, 4.69) is 15.3 Å². The number of aliphatic hydroxyl groups excluding tert-OH is 1. The lowest BCUT2D eigenvalue weighted by Gasteiger charge is -2.38. The van der Waals surface area contributed by atoms with Crippen LogP contribution in [-0.4, -0.2) is 51.4 Å². The molecule has 0 spiro atoms. The lowest BCUT2D eigenvalue weighted by molar-refractivity contribution is -0.136. The molecule has 10 heteroatoms. The predicted molar refractivity (Wildman–Crippen MR) is 110 cm³/mol. The number of thiazole rings is 1. The van der Waals surface area contributed by atoms with Gasteiger partial charge in [0.1, 0.15) is 0 Å². The molecule has 3 atom stereocenters. The number of rotatable bonds is 5. The van der Waals surface area contributed by atoms with Crippen molar-refractivity contribution in [2.45, 2.75) is 56.3 Å². The van der Waals surface area contributed by atoms with Gasteiger partial charge in [0.05, 0.1) is 29.0 Å². The van der Waals surface area contributed by atoms with E-state index in [0.29, 0.717) is 0 Å². The number of nitrogens with one attached hydrogen (secondary N) is 1. The van der Waals surface area contributed by atoms with Gasteiger partial charge in [-0.25, -0.2) is 18.2 Å². The van der Waals surface area contributed by atoms with Crippen LogP contribution < -0.4 is 5.32 Å². The van der Waals surface area contributed by atoms with E-state index in [0.717, 1.165) is 10.6 Å². The van der Waals surface area contributed by atoms with Crippen molar-refractivity contribution >= 4 is 17.2 Å². The highest BCUT2D eigenvalue weighted by Gasteiger charge is 2.47. The Morgan fingerprint density at radius 2 is 2.06 bits per heavy atom. The van der Waals surface area contributed by atoms with Gasteiger partial charge in [0.15, 0.2) is 0 Å². The first kappa shape index (κ1) is 22.2. The molecule has 0 radical (unpaired) electrons. The van der Waals surface area contributed by atoms with E-state index in [-0.39, 0.29) is 62.6 Å². The normalized spacial score (nSPS) is 26.8. The molecule has 2 N–H and O–H groups in total. The second-order valence-corrected chi connectivity index (χ2v) is 9.10. The third-order valence-electron chi connectivity index (χ3n) is 6.21. The number of amides is 1. The zero-order valence-corrected chi connectivity index (χ0v) is 18.0. The third-order valence-corrected chi connectivity index (χ3v) is 7.25. The Bertz CT molecular complexity index is 946. The van der Waals surface area contributed by atoms with Crippen molar-refractivity contribution < 1.29 is 23.1 Å². The van der Waals surface area contributed by atoms with Crippen LogP contribution in [0, 0.1) is 6.92 Å². The van der Waals surface area contributed by atoms with E-state index in [4.69, 9.17) is 0 Å². The molecular weight excluding hydrogens is 429 g/mol. The topological polar surface area (TPSA) is 78.3 Å². The number of likely N-dealkylation sites (tertiary alicyclic amines) is 1. The summed E-state index contributed by atoms with van der Waals surface area (Å²) in [5.74, 6) is -3.49. The van der Waals surface area contributed by atoms with Crippen LogP contribution in [0.4, 0.5) is 13.2 Å². The number of carbonyl (C=O) groups is 1. The van der Waals surface area contributed by atoms with Crippen LogP contribution in [0.15, 0.2) is 23.8 Å². The first-order valence-electron chi connectivity index (χ1n) is 10.3. The molecule has 31 heavy (non-hydrogen) atoms. The number of carbonyl (C=O) groups excluding carboxylic acids is 1. The van der Waals surface area contributed by atoms with Crippen LogP contribution in [0.25, 0.3) is 0 Å². The molecule has 4 rings (SSSR count). The average molecular weight is 455 g/mol. The number of halogens is 3. The molecule has 0 bridgehead atoms. The molecular formula is C21H25F3N4O2S. The monoisotopic (exact) mass is 454 g/mol. The molecule has 1 aliphatic carbocycles. The Hall–Kier alpha value is -2.04. The van der Waals surface area contributed by atoms with Crippen molar-refractivity contribution in [2.75, 3.05) is 19.6 Å². The Kier molecular flexibility index (Phi) is 6.06. The molecule has 2 aromatic heterocycles. The summed E-state index contributed by atoms with van der Waals surface area (Å²) in [4.78, 5) is 24.1. The molecule has 3 heterocycles. The zero-order valence-electron chi connectivity index (χ0n) is 17.2. The number of aryl methyl sites for hydroxylation is 1. The summed E-state index contributed by atoms with van der Waals surface area (Å²) in [6, 6.07) is 2.65. The minimum absolute atomic E-state index is 0.0781. The highest BCUT2D eigenvalue weighted by molar-refractivity contribution is 7.09. The smallest absolute Gasteiger partial charge is 0.262 e. The van der Waals surface area contributed by atoms with Crippen molar-refractivity contribution in [1.82, 2.24) is 20.2 Å². The summed E-state index contributed by atoms with van der Waals surface area (Å²) in [5.41, 5.74) is 0.408. The fourth-order valence-corrected chi connectivity index (χ4v) is 5.31. The van der Waals surface area contributed by atoms with E-state index >= 15 is 4.39 Å². The van der Waals surface area contributed by atoms with Gasteiger partial charge in [0.2, 0.25) is 5.67 Å². The maximum absolute atomic E-state index is 15.9. The van der Waals surface area contributed by atoms with Gasteiger partial charge < -0.3 is 10.4 Å². The van der Waals surface area contributed by atoms with Crippen LogP contribution in [-0.2, 0) is 10.5 Å². The van der Waals surface area contributed by atoms with Crippen molar-refractivity contribution in [2.24, 2.45) is 0 Å². The standard InChI is InChI=1S/C21H25F3N4O2S/c1-13-18(31-12-27-13)15(28-9-6-20(22,23)7-10-28)11-26-19(30)21(24)5-4-16(29)17-14(21)3-2-8-25-17/h2-3,8,12,15-16,29H,4-7,9-11H2,1H3,(H,26,30)/t15?,16?,21-/m0/s1. The van der Waals surface area contributed by atoms with Gasteiger partial charge in [-0.3, -0.25) is 14.7 Å². The fraction of sp³-hybridized carbons (Fsp3) is 0.571. The maximum atomic E-state index is 15.9. The summed E-state index contributed by atoms with van der Waals surface area (Å²) in [6.45, 7) is 2.28. The first-order chi connectivity index (χ1) is 14.7. The second kappa shape index (κ2) is 8.48. The van der Waals surface area contributed by atoms with E-state index in [1.54, 1.807) is 5.51 Å². The summed E-state index contributed by atoms with van der Waals surface area (Å²) >= 11 is 1.40. The molecule has 1 fully saturated rings. The van der Waals surface area contributed by atoms with Crippen molar-refractivity contribution in [3.05, 3.63) is 45.7 Å². The molecule has 1 saturated heterocycles. The number of hydrogen-bond acceptors (Lipinski definition) is 6. The molecule has 1 aliphatic heterocycles. The summed E-state index contributed by atoms with van der Waals surface area (Å²) < 4.78 is 43.2. The maximum Gasteiger partial charge on any atom is 0.262 e. The Labute approximate surface area is 182 Å². The lowest BCUT2D eigenvalue weighted by atomic mass is 9.81. The number of hydrogen-bond donors (Lipinski definition) is 2. The summed E-state index contributed by atoms with van der Waals surface area (Å²) in [6.07, 6.45) is -0.0137. The molecule has 0 saturated carbocycles. The Morgan fingerprint density at radius 3 is 2.74 bits per heavy atom. The van der Waals surface area contributed by atoms with Gasteiger partial charge in [-0.1, -0.05) is 6.07 Å². The lowest BCUT2D eigenvalue weighted by Crippen LogP contribution is -2.49. The molecule has 1 amide bonds. The van der Waals surface area contributed by atoms with Gasteiger partial charge >= 0.3 is 0 Å². The number of nitrogens with zero attached hydrogens (tertiary/aromatic N) is 3. The molecule has 2 unspecified atom stereocenters. The number of pyridine rings is 1. The van der Waals surface area contributed by atoms with Gasteiger partial charge in [-0.05, 0) is 25.8 Å². The van der Waals surface area contributed by atoms with Crippen LogP contribution in [0.2, 0.25) is 0 Å². The molecule has 2 aliphatic rings. The minimum Gasteiger partial charge on any atom is -0.387 e. The van der Waals surface area contributed by atoms with Crippen LogP contribution in [0.5, 0.6) is 0 Å². The van der Waals surface area contributed by atoms with Crippen LogP contribution >= 0.6 is 11.3 Å². The number of alkyl halides is 3. The number of aliphatic hydroxyl groups is 1. The number of aromatic nitrogens is 2. The second-order valence-electron chi connectivity index (χ2n) is 8.21. The van der Waals surface area contributed by atoms with Crippen LogP contribution in [0.1, 0.15) is 59.7 Å². The zero-order chi connectivity index (χ0) is 22.2. The van der Waals surface area contributed by atoms with Crippen molar-refractivity contribution in [3.63, 3.8) is 0 Å². The molecule has 2 aromatic rings. The molecule has 168 valence electrons. The van der Waals surface area contributed by atoms with Gasteiger partial charge in [0.25, 0.3) is 11.8 Å². The van der Waals surface area contributed by atoms with E-state index in [1.807, 2.05) is 11.8 Å². The molecule has 0 aromatic carbocycles. The van der Waals surface area contributed by atoms with E-state index in [1.165, 1.54) is 29.7 Å². The molecule has 6 nitrogen and oxygen atoms in total. The number of fused-ring (bicyclic) bond motifs is 1. The number of piperidine rings is 1. The largest absolute Gasteiger partial charge is 0.387 e. The van der Waals surface area contributed by atoms with Gasteiger partial charge in [0, 0.05) is 49.1 Å². The van der Waals surface area contributed by atoms with Crippen molar-refractivity contribution in [3.8, 4) is 0 Å². The average Bonchev–Trinajstić information content (AvgIpc) is 3.17. The SMILES string of the molecule is Cc1ncsc1C(CNC(=O)[C@]1(F)CCC(O)c2ncccc21)N1CCC(F)(F)CC1. The highest BCUT2D eigenvalue weighted by Crippen LogP contribution is 2.42.